The number of nitrogens with one attached hydrogen (secondary N) is 4. The maximum Gasteiger partial charge on any atom is 0.243 e. The molecule has 0 aromatic heterocycles. The van der Waals surface area contributed by atoms with Gasteiger partial charge in [-0.15, -0.1) is 0 Å². The molecule has 0 bridgehead atoms. The zero-order chi connectivity index (χ0) is 32.3. The van der Waals surface area contributed by atoms with Crippen LogP contribution in [0.25, 0.3) is 0 Å². The van der Waals surface area contributed by atoms with Crippen LogP contribution in [0.4, 0.5) is 5.69 Å². The molecule has 41 heavy (non-hydrogen) atoms. The Bertz CT molecular complexity index is 964. The molecule has 1 saturated heterocycles. The zero-order valence-corrected chi connectivity index (χ0v) is 27.3. The number of carbonyl (C=O) groups is 5. The molecule has 0 aliphatic carbocycles. The minimum atomic E-state index is -0.717. The van der Waals surface area contributed by atoms with Gasteiger partial charge in [-0.25, -0.2) is 0 Å². The monoisotopic (exact) mass is 596 g/mol. The van der Waals surface area contributed by atoms with Gasteiger partial charge in [0.25, 0.3) is 0 Å². The van der Waals surface area contributed by atoms with Gasteiger partial charge in [0.05, 0.1) is 18.4 Å². The Morgan fingerprint density at radius 2 is 1.56 bits per heavy atom. The van der Waals surface area contributed by atoms with Crippen LogP contribution in [0.15, 0.2) is 24.3 Å². The van der Waals surface area contributed by atoms with Crippen LogP contribution < -0.4 is 21.3 Å². The fourth-order valence-corrected chi connectivity index (χ4v) is 3.93. The number of carbonyl (C=O) groups excluding carboxylic acids is 5. The molecule has 2 rings (SSSR count). The summed E-state index contributed by atoms with van der Waals surface area (Å²) in [7, 11) is 0. The van der Waals surface area contributed by atoms with E-state index >= 15 is 0 Å². The normalized spacial score (nSPS) is 14.7. The van der Waals surface area contributed by atoms with E-state index in [4.69, 9.17) is 5.11 Å². The Labute approximate surface area is 251 Å². The Morgan fingerprint density at radius 3 is 1.93 bits per heavy atom. The van der Waals surface area contributed by atoms with Crippen LogP contribution in [0.2, 0.25) is 0 Å². The van der Waals surface area contributed by atoms with Crippen LogP contribution in [0, 0.1) is 17.3 Å². The Hall–Kier alpha value is -2.92. The van der Waals surface area contributed by atoms with Gasteiger partial charge in [-0.1, -0.05) is 81.4 Å². The van der Waals surface area contributed by atoms with Crippen molar-refractivity contribution in [3.63, 3.8) is 0 Å². The summed E-state index contributed by atoms with van der Waals surface area (Å²) in [6, 6.07) is 6.05. The molecule has 1 fully saturated rings. The average Bonchev–Trinajstić information content (AvgIpc) is 3.22. The molecule has 5 N–H and O–H groups in total. The van der Waals surface area contributed by atoms with Crippen molar-refractivity contribution in [1.82, 2.24) is 16.0 Å². The summed E-state index contributed by atoms with van der Waals surface area (Å²) in [6.45, 7) is 19.3. The van der Waals surface area contributed by atoms with Crippen molar-refractivity contribution in [3.8, 4) is 0 Å². The molecule has 234 valence electrons. The Balaban J connectivity index is 0. The van der Waals surface area contributed by atoms with E-state index in [-0.39, 0.29) is 55.0 Å². The van der Waals surface area contributed by atoms with Gasteiger partial charge in [0.1, 0.15) is 6.04 Å². The molecule has 1 heterocycles. The highest BCUT2D eigenvalue weighted by Gasteiger charge is 2.33. The summed E-state index contributed by atoms with van der Waals surface area (Å²) >= 11 is 3.81. The number of amides is 5. The van der Waals surface area contributed by atoms with Crippen molar-refractivity contribution in [3.05, 3.63) is 29.8 Å². The molecule has 1 aromatic carbocycles. The van der Waals surface area contributed by atoms with Gasteiger partial charge in [0.2, 0.25) is 29.5 Å². The minimum absolute atomic E-state index is 0.0689. The maximum atomic E-state index is 12.7. The molecule has 2 atom stereocenters. The van der Waals surface area contributed by atoms with E-state index in [2.05, 4.69) is 47.7 Å². The van der Waals surface area contributed by atoms with Gasteiger partial charge in [-0.3, -0.25) is 29.3 Å². The zero-order valence-electron chi connectivity index (χ0n) is 26.4. The van der Waals surface area contributed by atoms with E-state index in [1.807, 2.05) is 55.4 Å². The third-order valence-corrected chi connectivity index (χ3v) is 5.97. The third-order valence-electron chi connectivity index (χ3n) is 5.56. The molecule has 2 unspecified atom stereocenters. The van der Waals surface area contributed by atoms with Gasteiger partial charge in [-0.05, 0) is 36.0 Å². The first-order valence-electron chi connectivity index (χ1n) is 14.3. The molecule has 5 amide bonds. The Morgan fingerprint density at radius 1 is 1.02 bits per heavy atom. The smallest absolute Gasteiger partial charge is 0.243 e. The van der Waals surface area contributed by atoms with Crippen LogP contribution >= 0.6 is 12.6 Å². The lowest BCUT2D eigenvalue weighted by molar-refractivity contribution is -0.135. The third kappa shape index (κ3) is 16.2. The van der Waals surface area contributed by atoms with E-state index < -0.39 is 16.7 Å². The highest BCUT2D eigenvalue weighted by Crippen LogP contribution is 2.26. The standard InChI is InChI=1S/C22H35N3O4.C4H5NO2S.2C2H6/c1-14(2)11-22(5,6)21(29)25-19(15(3)4)20(28)23-12-18(27)24-17-9-7-16(13-26)8-10-17;6-3-1-2(8)4(7)5-3;2*1-2/h7-10,14-15,19,26H,11-13H2,1-6H3,(H,23,28)(H,24,27)(H,25,29);2,8H,1H2,(H,5,6,7);2*1-2H3. The number of anilines is 1. The molecular formula is C30H52N4O6S. The second-order valence-corrected chi connectivity index (χ2v) is 11.1. The number of rotatable bonds is 10. The van der Waals surface area contributed by atoms with E-state index in [1.165, 1.54) is 0 Å². The summed E-state index contributed by atoms with van der Waals surface area (Å²) in [5, 5.41) is 18.9. The van der Waals surface area contributed by atoms with E-state index in [9.17, 15) is 24.0 Å². The van der Waals surface area contributed by atoms with Crippen molar-refractivity contribution >= 4 is 47.9 Å². The number of thiol groups is 1. The predicted molar refractivity (Wildman–Crippen MR) is 167 cm³/mol. The van der Waals surface area contributed by atoms with Crippen LogP contribution in [0.1, 0.15) is 87.6 Å². The largest absolute Gasteiger partial charge is 0.392 e. The second kappa shape index (κ2) is 20.9. The minimum Gasteiger partial charge on any atom is -0.392 e. The fourth-order valence-electron chi connectivity index (χ4n) is 3.70. The first kappa shape index (κ1) is 40.2. The highest BCUT2D eigenvalue weighted by atomic mass is 32.1. The number of hydrogen-bond donors (Lipinski definition) is 6. The molecule has 0 radical (unpaired) electrons. The first-order chi connectivity index (χ1) is 19.2. The maximum absolute atomic E-state index is 12.7. The summed E-state index contributed by atoms with van der Waals surface area (Å²) in [5.74, 6) is -1.20. The van der Waals surface area contributed by atoms with Crippen LogP contribution in [0.5, 0.6) is 0 Å². The predicted octanol–water partition coefficient (Wildman–Crippen LogP) is 3.83. The van der Waals surface area contributed by atoms with Crippen molar-refractivity contribution in [2.24, 2.45) is 17.3 Å². The number of imide groups is 1. The van der Waals surface area contributed by atoms with Gasteiger partial charge in [0.15, 0.2) is 0 Å². The van der Waals surface area contributed by atoms with Gasteiger partial charge < -0.3 is 21.1 Å². The summed E-state index contributed by atoms with van der Waals surface area (Å²) in [6.07, 6.45) is 0.935. The molecular weight excluding hydrogens is 544 g/mol. The molecule has 11 heteroatoms. The quantitative estimate of drug-likeness (QED) is 0.178. The summed E-state index contributed by atoms with van der Waals surface area (Å²) in [4.78, 5) is 58.0. The van der Waals surface area contributed by atoms with Crippen molar-refractivity contribution < 1.29 is 29.1 Å². The lowest BCUT2D eigenvalue weighted by Gasteiger charge is -2.29. The highest BCUT2D eigenvalue weighted by molar-refractivity contribution is 7.81. The molecule has 0 saturated carbocycles. The van der Waals surface area contributed by atoms with Crippen LogP contribution in [0.3, 0.4) is 0 Å². The number of aliphatic hydroxyl groups is 1. The van der Waals surface area contributed by atoms with Crippen LogP contribution in [-0.4, -0.2) is 52.5 Å². The SMILES string of the molecule is CC.CC.CC(C)CC(C)(C)C(=O)NC(C(=O)NCC(=O)Nc1ccc(CO)cc1)C(C)C.O=C1CC(S)C(=O)N1. The summed E-state index contributed by atoms with van der Waals surface area (Å²) < 4.78 is 0. The second-order valence-electron chi connectivity index (χ2n) is 10.4. The van der Waals surface area contributed by atoms with E-state index in [0.29, 0.717) is 18.0 Å². The van der Waals surface area contributed by atoms with Gasteiger partial charge >= 0.3 is 0 Å². The molecule has 0 spiro atoms. The number of hydrogen-bond acceptors (Lipinski definition) is 7. The van der Waals surface area contributed by atoms with Crippen molar-refractivity contribution in [1.29, 1.82) is 0 Å². The van der Waals surface area contributed by atoms with Gasteiger partial charge in [0, 0.05) is 17.5 Å². The first-order valence-corrected chi connectivity index (χ1v) is 14.8. The fraction of sp³-hybridized carbons (Fsp3) is 0.633. The number of aliphatic hydroxyl groups excluding tert-OH is 1. The van der Waals surface area contributed by atoms with Gasteiger partial charge in [-0.2, -0.15) is 12.6 Å². The van der Waals surface area contributed by atoms with Crippen molar-refractivity contribution in [2.45, 2.75) is 100.0 Å². The van der Waals surface area contributed by atoms with E-state index in [1.54, 1.807) is 24.3 Å². The molecule has 1 aliphatic rings. The number of benzene rings is 1. The van der Waals surface area contributed by atoms with E-state index in [0.717, 1.165) is 5.56 Å². The lowest BCUT2D eigenvalue weighted by atomic mass is 9.82. The molecule has 1 aromatic rings. The molecule has 1 aliphatic heterocycles. The average molecular weight is 597 g/mol. The lowest BCUT2D eigenvalue weighted by Crippen LogP contribution is -2.53. The topological polar surface area (TPSA) is 154 Å². The van der Waals surface area contributed by atoms with Crippen LogP contribution in [-0.2, 0) is 30.6 Å². The summed E-state index contributed by atoms with van der Waals surface area (Å²) in [5.41, 5.74) is 0.734. The van der Waals surface area contributed by atoms with Crippen molar-refractivity contribution in [2.75, 3.05) is 11.9 Å². The molecule has 10 nitrogen and oxygen atoms in total. The Kier molecular flexibility index (Phi) is 20.5.